The SMILES string of the molecule is COc1ccc2sc(-c3ccc(F)cc3)nc2c1. The molecule has 4 heteroatoms. The fraction of sp³-hybridized carbons (Fsp3) is 0.0714. The summed E-state index contributed by atoms with van der Waals surface area (Å²) in [6.45, 7) is 0. The molecule has 0 aliphatic rings. The predicted octanol–water partition coefficient (Wildman–Crippen LogP) is 4.11. The highest BCUT2D eigenvalue weighted by molar-refractivity contribution is 7.21. The van der Waals surface area contributed by atoms with E-state index in [-0.39, 0.29) is 5.82 Å². The second kappa shape index (κ2) is 4.38. The fourth-order valence-corrected chi connectivity index (χ4v) is 2.70. The molecule has 0 spiro atoms. The molecule has 90 valence electrons. The van der Waals surface area contributed by atoms with Crippen LogP contribution >= 0.6 is 11.3 Å². The summed E-state index contributed by atoms with van der Waals surface area (Å²) in [4.78, 5) is 4.54. The second-order valence-corrected chi connectivity index (χ2v) is 4.89. The van der Waals surface area contributed by atoms with Crippen molar-refractivity contribution in [3.63, 3.8) is 0 Å². The Morgan fingerprint density at radius 2 is 1.89 bits per heavy atom. The summed E-state index contributed by atoms with van der Waals surface area (Å²) in [5.74, 6) is 0.556. The van der Waals surface area contributed by atoms with Crippen LogP contribution in [0.1, 0.15) is 0 Å². The van der Waals surface area contributed by atoms with Gasteiger partial charge in [0.1, 0.15) is 16.6 Å². The molecule has 0 fully saturated rings. The number of fused-ring (bicyclic) bond motifs is 1. The van der Waals surface area contributed by atoms with E-state index < -0.39 is 0 Å². The molecule has 2 nitrogen and oxygen atoms in total. The zero-order valence-corrected chi connectivity index (χ0v) is 10.5. The molecule has 0 aliphatic carbocycles. The maximum Gasteiger partial charge on any atom is 0.124 e. The number of ether oxygens (including phenoxy) is 1. The zero-order valence-electron chi connectivity index (χ0n) is 9.68. The smallest absolute Gasteiger partial charge is 0.124 e. The van der Waals surface area contributed by atoms with E-state index in [2.05, 4.69) is 4.98 Å². The number of hydrogen-bond acceptors (Lipinski definition) is 3. The first-order valence-corrected chi connectivity index (χ1v) is 6.28. The standard InChI is InChI=1S/C14H10FNOS/c1-17-11-6-7-13-12(8-11)16-14(18-13)9-2-4-10(15)5-3-9/h2-8H,1H3. The third kappa shape index (κ3) is 1.95. The van der Waals surface area contributed by atoms with E-state index in [9.17, 15) is 4.39 Å². The van der Waals surface area contributed by atoms with Crippen molar-refractivity contribution < 1.29 is 9.13 Å². The highest BCUT2D eigenvalue weighted by Crippen LogP contribution is 2.31. The van der Waals surface area contributed by atoms with Crippen LogP contribution in [-0.2, 0) is 0 Å². The van der Waals surface area contributed by atoms with Crippen LogP contribution in [0.15, 0.2) is 42.5 Å². The van der Waals surface area contributed by atoms with Crippen LogP contribution in [0.5, 0.6) is 5.75 Å². The lowest BCUT2D eigenvalue weighted by Gasteiger charge is -1.96. The maximum absolute atomic E-state index is 12.9. The quantitative estimate of drug-likeness (QED) is 0.691. The predicted molar refractivity (Wildman–Crippen MR) is 71.6 cm³/mol. The summed E-state index contributed by atoms with van der Waals surface area (Å²) in [5, 5.41) is 0.887. The van der Waals surface area contributed by atoms with Gasteiger partial charge in [0.25, 0.3) is 0 Å². The van der Waals surface area contributed by atoms with E-state index in [0.29, 0.717) is 0 Å². The first kappa shape index (κ1) is 11.2. The molecule has 3 rings (SSSR count). The van der Waals surface area contributed by atoms with Crippen molar-refractivity contribution in [2.24, 2.45) is 0 Å². The Morgan fingerprint density at radius 1 is 1.11 bits per heavy atom. The van der Waals surface area contributed by atoms with Crippen LogP contribution in [0.4, 0.5) is 4.39 Å². The number of nitrogens with zero attached hydrogens (tertiary/aromatic N) is 1. The molecular weight excluding hydrogens is 249 g/mol. The number of halogens is 1. The summed E-state index contributed by atoms with van der Waals surface area (Å²) in [5.41, 5.74) is 1.83. The van der Waals surface area contributed by atoms with E-state index in [4.69, 9.17) is 4.74 Å². The Morgan fingerprint density at radius 3 is 2.61 bits per heavy atom. The Labute approximate surface area is 108 Å². The summed E-state index contributed by atoms with van der Waals surface area (Å²) in [6, 6.07) is 12.2. The molecule has 0 bridgehead atoms. The van der Waals surface area contributed by atoms with Crippen LogP contribution in [0.3, 0.4) is 0 Å². The van der Waals surface area contributed by atoms with E-state index in [1.54, 1.807) is 30.6 Å². The van der Waals surface area contributed by atoms with E-state index in [1.165, 1.54) is 12.1 Å². The molecule has 0 N–H and O–H groups in total. The zero-order chi connectivity index (χ0) is 12.5. The normalized spacial score (nSPS) is 10.8. The molecule has 0 radical (unpaired) electrons. The molecule has 0 unspecified atom stereocenters. The molecule has 2 aromatic carbocycles. The largest absolute Gasteiger partial charge is 0.497 e. The van der Waals surface area contributed by atoms with Crippen molar-refractivity contribution in [1.29, 1.82) is 0 Å². The van der Waals surface area contributed by atoms with Gasteiger partial charge in [-0.15, -0.1) is 11.3 Å². The van der Waals surface area contributed by atoms with Gasteiger partial charge in [-0.05, 0) is 36.4 Å². The monoisotopic (exact) mass is 259 g/mol. The van der Waals surface area contributed by atoms with Crippen LogP contribution in [0.2, 0.25) is 0 Å². The third-order valence-electron chi connectivity index (χ3n) is 2.69. The molecule has 0 aliphatic heterocycles. The van der Waals surface area contributed by atoms with Gasteiger partial charge in [-0.25, -0.2) is 9.37 Å². The number of methoxy groups -OCH3 is 1. The topological polar surface area (TPSA) is 22.1 Å². The second-order valence-electron chi connectivity index (χ2n) is 3.86. The minimum absolute atomic E-state index is 0.235. The number of hydrogen-bond donors (Lipinski definition) is 0. The first-order valence-electron chi connectivity index (χ1n) is 5.47. The van der Waals surface area contributed by atoms with Gasteiger partial charge < -0.3 is 4.74 Å². The molecule has 1 aromatic heterocycles. The van der Waals surface area contributed by atoms with Crippen molar-refractivity contribution in [2.75, 3.05) is 7.11 Å². The van der Waals surface area contributed by atoms with Gasteiger partial charge in [0.05, 0.1) is 17.3 Å². The van der Waals surface area contributed by atoms with Crippen molar-refractivity contribution >= 4 is 21.6 Å². The van der Waals surface area contributed by atoms with E-state index >= 15 is 0 Å². The van der Waals surface area contributed by atoms with Crippen LogP contribution < -0.4 is 4.74 Å². The summed E-state index contributed by atoms with van der Waals surface area (Å²) in [6.07, 6.45) is 0. The number of aromatic nitrogens is 1. The average Bonchev–Trinajstić information content (AvgIpc) is 2.82. The van der Waals surface area contributed by atoms with Crippen molar-refractivity contribution in [2.45, 2.75) is 0 Å². The summed E-state index contributed by atoms with van der Waals surface area (Å²) < 4.78 is 19.1. The Kier molecular flexibility index (Phi) is 2.72. The van der Waals surface area contributed by atoms with Gasteiger partial charge in [-0.1, -0.05) is 0 Å². The van der Waals surface area contributed by atoms with Crippen LogP contribution in [0.25, 0.3) is 20.8 Å². The molecular formula is C14H10FNOS. The molecule has 3 aromatic rings. The van der Waals surface area contributed by atoms with Crippen LogP contribution in [-0.4, -0.2) is 12.1 Å². The molecule has 1 heterocycles. The van der Waals surface area contributed by atoms with Gasteiger partial charge in [0.2, 0.25) is 0 Å². The first-order chi connectivity index (χ1) is 8.76. The maximum atomic E-state index is 12.9. The van der Waals surface area contributed by atoms with Crippen molar-refractivity contribution in [3.8, 4) is 16.3 Å². The highest BCUT2D eigenvalue weighted by Gasteiger charge is 2.07. The molecule has 18 heavy (non-hydrogen) atoms. The molecule has 0 saturated carbocycles. The summed E-state index contributed by atoms with van der Waals surface area (Å²) >= 11 is 1.59. The van der Waals surface area contributed by atoms with Gasteiger partial charge in [0.15, 0.2) is 0 Å². The molecule has 0 atom stereocenters. The Bertz CT molecular complexity index is 691. The summed E-state index contributed by atoms with van der Waals surface area (Å²) in [7, 11) is 1.63. The third-order valence-corrected chi connectivity index (χ3v) is 3.77. The lowest BCUT2D eigenvalue weighted by Crippen LogP contribution is -1.81. The lowest BCUT2D eigenvalue weighted by molar-refractivity contribution is 0.415. The van der Waals surface area contributed by atoms with Gasteiger partial charge in [-0.2, -0.15) is 0 Å². The van der Waals surface area contributed by atoms with E-state index in [0.717, 1.165) is 26.5 Å². The van der Waals surface area contributed by atoms with E-state index in [1.807, 2.05) is 18.2 Å². The Hall–Kier alpha value is -1.94. The number of thiazole rings is 1. The minimum Gasteiger partial charge on any atom is -0.497 e. The van der Waals surface area contributed by atoms with Crippen molar-refractivity contribution in [3.05, 3.63) is 48.3 Å². The fourth-order valence-electron chi connectivity index (χ4n) is 1.75. The number of rotatable bonds is 2. The highest BCUT2D eigenvalue weighted by atomic mass is 32.1. The number of benzene rings is 2. The Balaban J connectivity index is 2.10. The average molecular weight is 259 g/mol. The lowest BCUT2D eigenvalue weighted by atomic mass is 10.2. The van der Waals surface area contributed by atoms with Gasteiger partial charge >= 0.3 is 0 Å². The molecule has 0 amide bonds. The molecule has 0 saturated heterocycles. The van der Waals surface area contributed by atoms with Crippen molar-refractivity contribution in [1.82, 2.24) is 4.98 Å². The van der Waals surface area contributed by atoms with Crippen LogP contribution in [0, 0.1) is 5.82 Å². The van der Waals surface area contributed by atoms with Gasteiger partial charge in [0, 0.05) is 11.6 Å². The minimum atomic E-state index is -0.235. The van der Waals surface area contributed by atoms with Gasteiger partial charge in [-0.3, -0.25) is 0 Å².